The molecule has 0 unspecified atom stereocenters. The molecule has 2 rings (SSSR count). The lowest BCUT2D eigenvalue weighted by Crippen LogP contribution is -2.28. The highest BCUT2D eigenvalue weighted by atomic mass is 35.5. The van der Waals surface area contributed by atoms with E-state index in [-0.39, 0.29) is 11.8 Å². The average molecular weight is 334 g/mol. The minimum Gasteiger partial charge on any atom is -0.492 e. The Kier molecular flexibility index (Phi) is 5.94. The Labute approximate surface area is 138 Å². The molecule has 0 saturated carbocycles. The number of amides is 2. The van der Waals surface area contributed by atoms with Crippen LogP contribution in [0, 0.1) is 0 Å². The fourth-order valence-corrected chi connectivity index (χ4v) is 1.92. The lowest BCUT2D eigenvalue weighted by molar-refractivity contribution is -0.114. The van der Waals surface area contributed by atoms with Gasteiger partial charge in [0, 0.05) is 24.9 Å². The van der Waals surface area contributed by atoms with Gasteiger partial charge in [0.25, 0.3) is 5.91 Å². The highest BCUT2D eigenvalue weighted by molar-refractivity contribution is 6.29. The van der Waals surface area contributed by atoms with Gasteiger partial charge in [-0.25, -0.2) is 4.98 Å². The van der Waals surface area contributed by atoms with E-state index < -0.39 is 0 Å². The molecule has 120 valence electrons. The highest BCUT2D eigenvalue weighted by Gasteiger charge is 2.05. The van der Waals surface area contributed by atoms with Gasteiger partial charge in [-0.05, 0) is 24.3 Å². The fraction of sp³-hybridized carbons (Fsp3) is 0.188. The van der Waals surface area contributed by atoms with E-state index in [1.165, 1.54) is 13.1 Å². The van der Waals surface area contributed by atoms with E-state index in [0.29, 0.717) is 35.3 Å². The van der Waals surface area contributed by atoms with Crippen LogP contribution in [-0.4, -0.2) is 29.9 Å². The van der Waals surface area contributed by atoms with Crippen molar-refractivity contribution < 1.29 is 14.3 Å². The summed E-state index contributed by atoms with van der Waals surface area (Å²) < 4.78 is 5.53. The van der Waals surface area contributed by atoms with Crippen LogP contribution < -0.4 is 15.4 Å². The molecule has 2 N–H and O–H groups in total. The first-order chi connectivity index (χ1) is 11.0. The normalized spacial score (nSPS) is 10.0. The van der Waals surface area contributed by atoms with Crippen molar-refractivity contribution >= 4 is 29.1 Å². The molecule has 6 nitrogen and oxygen atoms in total. The van der Waals surface area contributed by atoms with Crippen molar-refractivity contribution in [2.45, 2.75) is 6.92 Å². The molecule has 0 aliphatic carbocycles. The largest absolute Gasteiger partial charge is 0.492 e. The van der Waals surface area contributed by atoms with E-state index in [2.05, 4.69) is 15.6 Å². The number of benzene rings is 1. The number of nitrogens with zero attached hydrogens (tertiary/aromatic N) is 1. The fourth-order valence-electron chi connectivity index (χ4n) is 1.81. The Hall–Kier alpha value is -2.60. The minimum atomic E-state index is -0.246. The maximum absolute atomic E-state index is 11.8. The number of carbonyl (C=O) groups excluding carboxylic acids is 2. The SMILES string of the molecule is CC(=O)Nc1cccc(OCCNC(=O)c2ccc(Cl)nc2)c1. The van der Waals surface area contributed by atoms with Gasteiger partial charge in [-0.15, -0.1) is 0 Å². The molecule has 0 aliphatic rings. The predicted molar refractivity (Wildman–Crippen MR) is 87.8 cm³/mol. The first kappa shape index (κ1) is 16.8. The van der Waals surface area contributed by atoms with Crippen molar-refractivity contribution in [2.24, 2.45) is 0 Å². The molecule has 7 heteroatoms. The second-order valence-corrected chi connectivity index (χ2v) is 5.07. The molecule has 2 aromatic rings. The molecule has 1 aromatic heterocycles. The zero-order valence-corrected chi connectivity index (χ0v) is 13.3. The molecular weight excluding hydrogens is 318 g/mol. The molecule has 0 radical (unpaired) electrons. The standard InChI is InChI=1S/C16H16ClN3O3/c1-11(21)20-13-3-2-4-14(9-13)23-8-7-18-16(22)12-5-6-15(17)19-10-12/h2-6,9-10H,7-8H2,1H3,(H,18,22)(H,20,21). The molecule has 1 aromatic carbocycles. The van der Waals surface area contributed by atoms with Crippen LogP contribution in [0.25, 0.3) is 0 Å². The molecule has 0 aliphatic heterocycles. The Bertz CT molecular complexity index is 689. The number of carbonyl (C=O) groups is 2. The zero-order chi connectivity index (χ0) is 16.7. The summed E-state index contributed by atoms with van der Waals surface area (Å²) in [6, 6.07) is 10.2. The van der Waals surface area contributed by atoms with Crippen LogP contribution in [0.3, 0.4) is 0 Å². The number of halogens is 1. The second kappa shape index (κ2) is 8.14. The van der Waals surface area contributed by atoms with E-state index in [1.54, 1.807) is 36.4 Å². The Balaban J connectivity index is 1.78. The molecule has 0 fully saturated rings. The lowest BCUT2D eigenvalue weighted by Gasteiger charge is -2.09. The molecule has 0 saturated heterocycles. The molecular formula is C16H16ClN3O3. The number of nitrogens with one attached hydrogen (secondary N) is 2. The smallest absolute Gasteiger partial charge is 0.252 e. The summed E-state index contributed by atoms with van der Waals surface area (Å²) in [7, 11) is 0. The van der Waals surface area contributed by atoms with Crippen LogP contribution in [0.2, 0.25) is 5.15 Å². The van der Waals surface area contributed by atoms with E-state index in [4.69, 9.17) is 16.3 Å². The van der Waals surface area contributed by atoms with E-state index >= 15 is 0 Å². The highest BCUT2D eigenvalue weighted by Crippen LogP contribution is 2.17. The molecule has 1 heterocycles. The summed E-state index contributed by atoms with van der Waals surface area (Å²) >= 11 is 5.67. The Morgan fingerprint density at radius 3 is 2.78 bits per heavy atom. The first-order valence-corrected chi connectivity index (χ1v) is 7.32. The van der Waals surface area contributed by atoms with Gasteiger partial charge >= 0.3 is 0 Å². The second-order valence-electron chi connectivity index (χ2n) is 4.68. The summed E-state index contributed by atoms with van der Waals surface area (Å²) in [4.78, 5) is 26.7. The van der Waals surface area contributed by atoms with Crippen LogP contribution in [0.5, 0.6) is 5.75 Å². The van der Waals surface area contributed by atoms with Crippen molar-refractivity contribution in [1.82, 2.24) is 10.3 Å². The van der Waals surface area contributed by atoms with Gasteiger partial charge in [0.05, 0.1) is 12.1 Å². The number of aromatic nitrogens is 1. The maximum Gasteiger partial charge on any atom is 0.252 e. The predicted octanol–water partition coefficient (Wildman–Crippen LogP) is 2.50. The lowest BCUT2D eigenvalue weighted by atomic mass is 10.3. The summed E-state index contributed by atoms with van der Waals surface area (Å²) in [5, 5.41) is 5.73. The number of ether oxygens (including phenoxy) is 1. The van der Waals surface area contributed by atoms with Crippen LogP contribution in [-0.2, 0) is 4.79 Å². The molecule has 2 amide bonds. The molecule has 0 spiro atoms. The Morgan fingerprint density at radius 2 is 2.09 bits per heavy atom. The van der Waals surface area contributed by atoms with Gasteiger partial charge in [0.15, 0.2) is 0 Å². The first-order valence-electron chi connectivity index (χ1n) is 6.95. The topological polar surface area (TPSA) is 80.3 Å². The summed E-state index contributed by atoms with van der Waals surface area (Å²) in [5.74, 6) is 0.217. The number of pyridine rings is 1. The summed E-state index contributed by atoms with van der Waals surface area (Å²) in [6.07, 6.45) is 1.41. The van der Waals surface area contributed by atoms with Crippen molar-refractivity contribution in [3.63, 3.8) is 0 Å². The zero-order valence-electron chi connectivity index (χ0n) is 12.5. The summed E-state index contributed by atoms with van der Waals surface area (Å²) in [6.45, 7) is 2.08. The van der Waals surface area contributed by atoms with Crippen molar-refractivity contribution in [2.75, 3.05) is 18.5 Å². The minimum absolute atomic E-state index is 0.147. The molecule has 0 atom stereocenters. The van der Waals surface area contributed by atoms with Crippen LogP contribution in [0.15, 0.2) is 42.6 Å². The number of hydrogen-bond donors (Lipinski definition) is 2. The van der Waals surface area contributed by atoms with Gasteiger partial charge in [0.2, 0.25) is 5.91 Å². The molecule has 23 heavy (non-hydrogen) atoms. The molecule has 0 bridgehead atoms. The Morgan fingerprint density at radius 1 is 1.26 bits per heavy atom. The van der Waals surface area contributed by atoms with E-state index in [1.807, 2.05) is 0 Å². The van der Waals surface area contributed by atoms with Gasteiger partial charge < -0.3 is 15.4 Å². The van der Waals surface area contributed by atoms with Gasteiger partial charge in [-0.1, -0.05) is 17.7 Å². The third-order valence-electron chi connectivity index (χ3n) is 2.80. The van der Waals surface area contributed by atoms with Crippen LogP contribution in [0.1, 0.15) is 17.3 Å². The van der Waals surface area contributed by atoms with Crippen molar-refractivity contribution in [3.05, 3.63) is 53.3 Å². The summed E-state index contributed by atoms with van der Waals surface area (Å²) in [5.41, 5.74) is 1.09. The van der Waals surface area contributed by atoms with Crippen LogP contribution >= 0.6 is 11.6 Å². The van der Waals surface area contributed by atoms with Crippen molar-refractivity contribution in [3.8, 4) is 5.75 Å². The average Bonchev–Trinajstić information content (AvgIpc) is 2.52. The van der Waals surface area contributed by atoms with E-state index in [9.17, 15) is 9.59 Å². The number of rotatable bonds is 6. The quantitative estimate of drug-likeness (QED) is 0.628. The van der Waals surface area contributed by atoms with Gasteiger partial charge in [-0.3, -0.25) is 9.59 Å². The monoisotopic (exact) mass is 333 g/mol. The third-order valence-corrected chi connectivity index (χ3v) is 3.02. The number of hydrogen-bond acceptors (Lipinski definition) is 4. The number of anilines is 1. The maximum atomic E-state index is 11.8. The van der Waals surface area contributed by atoms with Crippen molar-refractivity contribution in [1.29, 1.82) is 0 Å². The van der Waals surface area contributed by atoms with Gasteiger partial charge in [0.1, 0.15) is 17.5 Å². The van der Waals surface area contributed by atoms with Gasteiger partial charge in [-0.2, -0.15) is 0 Å². The van der Waals surface area contributed by atoms with Crippen LogP contribution in [0.4, 0.5) is 5.69 Å². The third kappa shape index (κ3) is 5.60. The van der Waals surface area contributed by atoms with E-state index in [0.717, 1.165) is 0 Å².